The lowest BCUT2D eigenvalue weighted by atomic mass is 10.0. The number of benzene rings is 2. The Labute approximate surface area is 215 Å². The molecule has 0 aliphatic heterocycles. The summed E-state index contributed by atoms with van der Waals surface area (Å²) < 4.78 is 5.19. The van der Waals surface area contributed by atoms with Crippen molar-refractivity contribution in [1.82, 2.24) is 10.2 Å². The number of rotatable bonds is 8. The number of halogens is 1. The summed E-state index contributed by atoms with van der Waals surface area (Å²) in [6.07, 6.45) is 4.17. The van der Waals surface area contributed by atoms with Crippen LogP contribution in [-0.2, 0) is 19.1 Å². The van der Waals surface area contributed by atoms with E-state index < -0.39 is 47.9 Å². The predicted molar refractivity (Wildman–Crippen MR) is 137 cm³/mol. The standard InChI is InChI=1S/C26H29ClN4O5/c1-6-31(24(34)19(15-20(28)32)29-25(35)36-26(3,4)5)22(17-12-8-7-9-13-17)23(33)30-21-16(2)11-10-14-18(21)27/h1,7-14,19,22H,15H2,2-5H3,(H2,28,32)(H,29,35)(H,30,33). The molecular formula is C26H29ClN4O5. The van der Waals surface area contributed by atoms with Crippen LogP contribution in [0.4, 0.5) is 10.5 Å². The molecular weight excluding hydrogens is 484 g/mol. The number of carbonyl (C=O) groups excluding carboxylic acids is 4. The molecule has 9 nitrogen and oxygen atoms in total. The number of nitrogens with zero attached hydrogens (tertiary/aromatic N) is 1. The van der Waals surface area contributed by atoms with Gasteiger partial charge in [-0.15, -0.1) is 0 Å². The van der Waals surface area contributed by atoms with Gasteiger partial charge in [0.1, 0.15) is 17.7 Å². The number of hydrogen-bond acceptors (Lipinski definition) is 5. The van der Waals surface area contributed by atoms with Gasteiger partial charge in [0.15, 0.2) is 0 Å². The van der Waals surface area contributed by atoms with Gasteiger partial charge in [-0.3, -0.25) is 19.3 Å². The molecule has 4 N–H and O–H groups in total. The average molecular weight is 513 g/mol. The van der Waals surface area contributed by atoms with Crippen LogP contribution in [0, 0.1) is 19.4 Å². The van der Waals surface area contributed by atoms with E-state index in [1.165, 1.54) is 0 Å². The summed E-state index contributed by atoms with van der Waals surface area (Å²) in [5.41, 5.74) is 5.89. The first-order chi connectivity index (χ1) is 16.8. The third-order valence-corrected chi connectivity index (χ3v) is 5.18. The maximum Gasteiger partial charge on any atom is 0.408 e. The number of nitrogens with two attached hydrogens (primary N) is 1. The summed E-state index contributed by atoms with van der Waals surface area (Å²) in [6.45, 7) is 6.67. The van der Waals surface area contributed by atoms with Gasteiger partial charge >= 0.3 is 6.09 Å². The number of nitrogens with one attached hydrogen (secondary N) is 2. The van der Waals surface area contributed by atoms with Crippen LogP contribution in [0.5, 0.6) is 0 Å². The third kappa shape index (κ3) is 7.75. The average Bonchev–Trinajstić information content (AvgIpc) is 2.78. The normalized spacial score (nSPS) is 12.4. The van der Waals surface area contributed by atoms with Gasteiger partial charge in [-0.1, -0.05) is 60.5 Å². The Morgan fingerprint density at radius 2 is 1.75 bits per heavy atom. The second-order valence-electron chi connectivity index (χ2n) is 8.94. The minimum Gasteiger partial charge on any atom is -0.444 e. The van der Waals surface area contributed by atoms with Crippen molar-refractivity contribution < 1.29 is 23.9 Å². The monoisotopic (exact) mass is 512 g/mol. The van der Waals surface area contributed by atoms with Crippen LogP contribution in [0.2, 0.25) is 5.02 Å². The van der Waals surface area contributed by atoms with E-state index in [9.17, 15) is 19.2 Å². The third-order valence-electron chi connectivity index (χ3n) is 4.86. The van der Waals surface area contributed by atoms with Gasteiger partial charge < -0.3 is 21.1 Å². The van der Waals surface area contributed by atoms with Crippen molar-refractivity contribution in [3.63, 3.8) is 0 Å². The van der Waals surface area contributed by atoms with Crippen LogP contribution < -0.4 is 16.4 Å². The Hall–Kier alpha value is -4.03. The summed E-state index contributed by atoms with van der Waals surface area (Å²) in [5.74, 6) is -2.42. The van der Waals surface area contributed by atoms with E-state index in [0.717, 1.165) is 4.90 Å². The fraction of sp³-hybridized carbons (Fsp3) is 0.308. The highest BCUT2D eigenvalue weighted by Gasteiger charge is 2.36. The number of anilines is 1. The largest absolute Gasteiger partial charge is 0.444 e. The highest BCUT2D eigenvalue weighted by molar-refractivity contribution is 6.34. The first-order valence-electron chi connectivity index (χ1n) is 11.0. The van der Waals surface area contributed by atoms with E-state index in [4.69, 9.17) is 28.5 Å². The van der Waals surface area contributed by atoms with Crippen LogP contribution >= 0.6 is 11.6 Å². The zero-order valence-electron chi connectivity index (χ0n) is 20.5. The molecule has 0 aromatic heterocycles. The molecule has 0 saturated heterocycles. The van der Waals surface area contributed by atoms with Gasteiger partial charge in [-0.2, -0.15) is 0 Å². The summed E-state index contributed by atoms with van der Waals surface area (Å²) >= 11 is 6.27. The van der Waals surface area contributed by atoms with Gasteiger partial charge in [0.2, 0.25) is 5.91 Å². The summed E-state index contributed by atoms with van der Waals surface area (Å²) in [6, 6.07) is 12.8. The van der Waals surface area contributed by atoms with Gasteiger partial charge in [0.25, 0.3) is 11.8 Å². The highest BCUT2D eigenvalue weighted by Crippen LogP contribution is 2.29. The molecule has 0 fully saturated rings. The van der Waals surface area contributed by atoms with Crippen molar-refractivity contribution in [3.05, 3.63) is 64.7 Å². The second kappa shape index (κ2) is 12.1. The van der Waals surface area contributed by atoms with Gasteiger partial charge in [0.05, 0.1) is 17.1 Å². The van der Waals surface area contributed by atoms with Gasteiger partial charge in [-0.05, 0) is 44.9 Å². The number of aryl methyl sites for hydroxylation is 1. The zero-order chi connectivity index (χ0) is 27.0. The lowest BCUT2D eigenvalue weighted by Gasteiger charge is -2.30. The van der Waals surface area contributed by atoms with Gasteiger partial charge in [0, 0.05) is 6.04 Å². The first-order valence-corrected chi connectivity index (χ1v) is 11.4. The Balaban J connectivity index is 2.46. The summed E-state index contributed by atoms with van der Waals surface area (Å²) in [5, 5.41) is 5.36. The Bertz CT molecular complexity index is 1150. The van der Waals surface area contributed by atoms with E-state index in [1.54, 1.807) is 76.2 Å². The van der Waals surface area contributed by atoms with E-state index in [1.807, 2.05) is 0 Å². The molecule has 0 saturated carbocycles. The Morgan fingerprint density at radius 3 is 2.28 bits per heavy atom. The minimum atomic E-state index is -1.48. The molecule has 4 amide bonds. The number of primary amides is 1. The topological polar surface area (TPSA) is 131 Å². The number of para-hydroxylation sites is 1. The van der Waals surface area contributed by atoms with E-state index in [2.05, 4.69) is 16.7 Å². The Morgan fingerprint density at radius 1 is 1.11 bits per heavy atom. The SMILES string of the molecule is C#CN(C(=O)C(CC(N)=O)NC(=O)OC(C)(C)C)C(C(=O)Nc1c(C)cccc1Cl)c1ccccc1. The molecule has 0 radical (unpaired) electrons. The van der Waals surface area contributed by atoms with Crippen molar-refractivity contribution in [1.29, 1.82) is 0 Å². The lowest BCUT2D eigenvalue weighted by Crippen LogP contribution is -2.52. The Kier molecular flexibility index (Phi) is 9.47. The van der Waals surface area contributed by atoms with Gasteiger partial charge in [-0.25, -0.2) is 4.79 Å². The number of hydrogen-bond donors (Lipinski definition) is 3. The fourth-order valence-corrected chi connectivity index (χ4v) is 3.59. The van der Waals surface area contributed by atoms with E-state index in [-0.39, 0.29) is 0 Å². The molecule has 36 heavy (non-hydrogen) atoms. The second-order valence-corrected chi connectivity index (χ2v) is 9.35. The fourth-order valence-electron chi connectivity index (χ4n) is 3.32. The van der Waals surface area contributed by atoms with Crippen molar-refractivity contribution in [3.8, 4) is 12.5 Å². The van der Waals surface area contributed by atoms with E-state index in [0.29, 0.717) is 21.8 Å². The van der Waals surface area contributed by atoms with Crippen molar-refractivity contribution in [2.45, 2.75) is 51.8 Å². The molecule has 0 aliphatic carbocycles. The van der Waals surface area contributed by atoms with Crippen molar-refractivity contribution >= 4 is 41.1 Å². The van der Waals surface area contributed by atoms with Crippen LogP contribution in [0.3, 0.4) is 0 Å². The van der Waals surface area contributed by atoms with Crippen LogP contribution in [-0.4, -0.2) is 40.4 Å². The molecule has 190 valence electrons. The molecule has 2 atom stereocenters. The quantitative estimate of drug-likeness (QED) is 0.368. The van der Waals surface area contributed by atoms with Crippen LogP contribution in [0.25, 0.3) is 0 Å². The summed E-state index contributed by atoms with van der Waals surface area (Å²) in [7, 11) is 0. The molecule has 2 aromatic rings. The maximum atomic E-state index is 13.5. The highest BCUT2D eigenvalue weighted by atomic mass is 35.5. The number of carbonyl (C=O) groups is 4. The lowest BCUT2D eigenvalue weighted by molar-refractivity contribution is -0.138. The molecule has 10 heteroatoms. The van der Waals surface area contributed by atoms with Crippen molar-refractivity contribution in [2.24, 2.45) is 5.73 Å². The predicted octanol–water partition coefficient (Wildman–Crippen LogP) is 3.52. The molecule has 0 bridgehead atoms. The first kappa shape index (κ1) is 28.2. The minimum absolute atomic E-state index is 0.298. The molecule has 2 aromatic carbocycles. The number of terminal acetylenes is 1. The van der Waals surface area contributed by atoms with Crippen LogP contribution in [0.15, 0.2) is 48.5 Å². The van der Waals surface area contributed by atoms with Crippen LogP contribution in [0.1, 0.15) is 44.4 Å². The number of amides is 4. The molecule has 0 heterocycles. The van der Waals surface area contributed by atoms with Crippen molar-refractivity contribution in [2.75, 3.05) is 5.32 Å². The number of ether oxygens (including phenoxy) is 1. The zero-order valence-corrected chi connectivity index (χ0v) is 21.3. The maximum absolute atomic E-state index is 13.5. The summed E-state index contributed by atoms with van der Waals surface area (Å²) in [4.78, 5) is 51.9. The number of alkyl carbamates (subject to hydrolysis) is 1. The molecule has 0 spiro atoms. The molecule has 2 rings (SSSR count). The van der Waals surface area contributed by atoms with E-state index >= 15 is 0 Å². The molecule has 0 aliphatic rings. The molecule has 2 unspecified atom stereocenters. The smallest absolute Gasteiger partial charge is 0.408 e.